The van der Waals surface area contributed by atoms with E-state index in [0.717, 1.165) is 0 Å². The number of fused-ring (bicyclic) bond motifs is 1. The highest BCUT2D eigenvalue weighted by molar-refractivity contribution is 7.17. The summed E-state index contributed by atoms with van der Waals surface area (Å²) in [6.07, 6.45) is 21.4. The van der Waals surface area contributed by atoms with Gasteiger partial charge in [-0.15, -0.1) is 11.3 Å². The third-order valence-electron chi connectivity index (χ3n) is 5.36. The summed E-state index contributed by atoms with van der Waals surface area (Å²) in [5, 5.41) is 3.86. The normalized spacial score (nSPS) is 11.4. The number of hydrogen-bond donors (Lipinski definition) is 0. The van der Waals surface area contributed by atoms with Gasteiger partial charge in [0.25, 0.3) is 0 Å². The molecule has 0 unspecified atom stereocenters. The minimum Gasteiger partial charge on any atom is -0.144 e. The van der Waals surface area contributed by atoms with Gasteiger partial charge in [0, 0.05) is 4.70 Å². The van der Waals surface area contributed by atoms with Crippen molar-refractivity contribution in [2.45, 2.75) is 103 Å². The first kappa shape index (κ1) is 20.5. The van der Waals surface area contributed by atoms with Crippen molar-refractivity contribution in [3.05, 3.63) is 35.2 Å². The Morgan fingerprint density at radius 2 is 1.16 bits per heavy atom. The van der Waals surface area contributed by atoms with E-state index in [0.29, 0.717) is 0 Å². The Bertz CT molecular complexity index is 554. The van der Waals surface area contributed by atoms with Gasteiger partial charge in [0.2, 0.25) is 0 Å². The first-order chi connectivity index (χ1) is 12.4. The van der Waals surface area contributed by atoms with Crippen LogP contribution < -0.4 is 0 Å². The molecule has 0 aliphatic heterocycles. The minimum absolute atomic E-state index is 1.27. The first-order valence-corrected chi connectivity index (χ1v) is 11.7. The summed E-state index contributed by atoms with van der Waals surface area (Å²) >= 11 is 1.90. The lowest BCUT2D eigenvalue weighted by molar-refractivity contribution is 0.535. The minimum atomic E-state index is 1.27. The highest BCUT2D eigenvalue weighted by Crippen LogP contribution is 2.27. The van der Waals surface area contributed by atoms with E-state index in [4.69, 9.17) is 0 Å². The SMILES string of the molecule is CCCCCCCCCCCCCCCCc1csc2ccccc12. The number of rotatable bonds is 15. The molecule has 1 aromatic carbocycles. The molecule has 0 atom stereocenters. The predicted molar refractivity (Wildman–Crippen MR) is 116 cm³/mol. The van der Waals surface area contributed by atoms with E-state index in [2.05, 4.69) is 36.6 Å². The smallest absolute Gasteiger partial charge is 0.0345 e. The largest absolute Gasteiger partial charge is 0.144 e. The maximum atomic E-state index is 2.37. The van der Waals surface area contributed by atoms with Crippen molar-refractivity contribution in [1.82, 2.24) is 0 Å². The molecule has 140 valence electrons. The van der Waals surface area contributed by atoms with E-state index in [-0.39, 0.29) is 0 Å². The lowest BCUT2D eigenvalue weighted by Crippen LogP contribution is -1.86. The van der Waals surface area contributed by atoms with Crippen LogP contribution in [0.4, 0.5) is 0 Å². The molecule has 2 aromatic rings. The third kappa shape index (κ3) is 8.40. The second-order valence-electron chi connectivity index (χ2n) is 7.60. The van der Waals surface area contributed by atoms with E-state index in [1.54, 1.807) is 5.56 Å². The molecular formula is C24H38S. The van der Waals surface area contributed by atoms with Crippen molar-refractivity contribution >= 4 is 21.4 Å². The molecule has 0 saturated heterocycles. The second kappa shape index (κ2) is 13.4. The second-order valence-corrected chi connectivity index (χ2v) is 8.51. The summed E-state index contributed by atoms with van der Waals surface area (Å²) in [7, 11) is 0. The molecule has 0 bridgehead atoms. The fourth-order valence-corrected chi connectivity index (χ4v) is 4.73. The molecule has 1 aromatic heterocycles. The maximum absolute atomic E-state index is 2.37. The summed E-state index contributed by atoms with van der Waals surface area (Å²) in [5.74, 6) is 0. The Hall–Kier alpha value is -0.820. The van der Waals surface area contributed by atoms with Crippen LogP contribution in [-0.2, 0) is 6.42 Å². The Kier molecular flexibility index (Phi) is 11.0. The number of unbranched alkanes of at least 4 members (excludes halogenated alkanes) is 13. The van der Waals surface area contributed by atoms with Crippen molar-refractivity contribution in [3.63, 3.8) is 0 Å². The van der Waals surface area contributed by atoms with E-state index < -0.39 is 0 Å². The predicted octanol–water partition coefficient (Wildman–Crippen LogP) is 8.93. The Morgan fingerprint density at radius 3 is 1.76 bits per heavy atom. The molecule has 0 nitrogen and oxygen atoms in total. The highest BCUT2D eigenvalue weighted by atomic mass is 32.1. The fraction of sp³-hybridized carbons (Fsp3) is 0.667. The van der Waals surface area contributed by atoms with Crippen LogP contribution in [0.5, 0.6) is 0 Å². The van der Waals surface area contributed by atoms with Crippen LogP contribution in [0.3, 0.4) is 0 Å². The van der Waals surface area contributed by atoms with E-state index in [1.807, 2.05) is 11.3 Å². The molecule has 25 heavy (non-hydrogen) atoms. The topological polar surface area (TPSA) is 0 Å². The maximum Gasteiger partial charge on any atom is 0.0345 e. The Labute approximate surface area is 160 Å². The zero-order valence-electron chi connectivity index (χ0n) is 16.4. The summed E-state index contributed by atoms with van der Waals surface area (Å²) < 4.78 is 1.45. The van der Waals surface area contributed by atoms with Crippen molar-refractivity contribution in [2.75, 3.05) is 0 Å². The number of aryl methyl sites for hydroxylation is 1. The van der Waals surface area contributed by atoms with Crippen molar-refractivity contribution in [1.29, 1.82) is 0 Å². The third-order valence-corrected chi connectivity index (χ3v) is 6.37. The van der Waals surface area contributed by atoms with Crippen LogP contribution in [0.1, 0.15) is 102 Å². The quantitative estimate of drug-likeness (QED) is 0.279. The van der Waals surface area contributed by atoms with Gasteiger partial charge in [0.05, 0.1) is 0 Å². The van der Waals surface area contributed by atoms with Gasteiger partial charge in [0.15, 0.2) is 0 Å². The molecule has 0 aliphatic carbocycles. The molecule has 1 heteroatoms. The van der Waals surface area contributed by atoms with Crippen LogP contribution in [-0.4, -0.2) is 0 Å². The Balaban J connectivity index is 1.38. The highest BCUT2D eigenvalue weighted by Gasteiger charge is 2.02. The van der Waals surface area contributed by atoms with Gasteiger partial charge < -0.3 is 0 Å². The molecule has 0 N–H and O–H groups in total. The fourth-order valence-electron chi connectivity index (χ4n) is 3.74. The van der Waals surface area contributed by atoms with Gasteiger partial charge in [0.1, 0.15) is 0 Å². The standard InChI is InChI=1S/C24H38S/c1-2-3-4-5-6-7-8-9-10-11-12-13-14-15-18-22-21-25-24-20-17-16-19-23(22)24/h16-17,19-21H,2-15,18H2,1H3. The lowest BCUT2D eigenvalue weighted by atomic mass is 10.0. The van der Waals surface area contributed by atoms with E-state index in [1.165, 1.54) is 106 Å². The summed E-state index contributed by atoms with van der Waals surface area (Å²) in [4.78, 5) is 0. The van der Waals surface area contributed by atoms with Crippen molar-refractivity contribution in [3.8, 4) is 0 Å². The van der Waals surface area contributed by atoms with Gasteiger partial charge in [-0.05, 0) is 35.2 Å². The number of hydrogen-bond acceptors (Lipinski definition) is 1. The van der Waals surface area contributed by atoms with Gasteiger partial charge in [-0.2, -0.15) is 0 Å². The van der Waals surface area contributed by atoms with E-state index >= 15 is 0 Å². The first-order valence-electron chi connectivity index (χ1n) is 10.9. The molecule has 0 aliphatic rings. The molecule has 0 spiro atoms. The number of benzene rings is 1. The van der Waals surface area contributed by atoms with Gasteiger partial charge in [-0.1, -0.05) is 109 Å². The monoisotopic (exact) mass is 358 g/mol. The zero-order valence-corrected chi connectivity index (χ0v) is 17.2. The van der Waals surface area contributed by atoms with E-state index in [9.17, 15) is 0 Å². The van der Waals surface area contributed by atoms with Crippen molar-refractivity contribution in [2.24, 2.45) is 0 Å². The zero-order chi connectivity index (χ0) is 17.6. The average Bonchev–Trinajstić information content (AvgIpc) is 3.05. The average molecular weight is 359 g/mol. The summed E-state index contributed by atoms with van der Waals surface area (Å²) in [5.41, 5.74) is 1.57. The molecule has 2 rings (SSSR count). The van der Waals surface area contributed by atoms with Crippen LogP contribution >= 0.6 is 11.3 Å². The van der Waals surface area contributed by atoms with Gasteiger partial charge >= 0.3 is 0 Å². The Morgan fingerprint density at radius 1 is 0.640 bits per heavy atom. The van der Waals surface area contributed by atoms with Crippen molar-refractivity contribution < 1.29 is 0 Å². The molecule has 0 radical (unpaired) electrons. The van der Waals surface area contributed by atoms with Crippen LogP contribution in [0.25, 0.3) is 10.1 Å². The molecule has 1 heterocycles. The van der Waals surface area contributed by atoms with Gasteiger partial charge in [-0.25, -0.2) is 0 Å². The molecule has 0 fully saturated rings. The van der Waals surface area contributed by atoms with Gasteiger partial charge in [-0.3, -0.25) is 0 Å². The lowest BCUT2D eigenvalue weighted by Gasteiger charge is -2.03. The molecule has 0 amide bonds. The number of thiophene rings is 1. The van der Waals surface area contributed by atoms with Crippen LogP contribution in [0, 0.1) is 0 Å². The van der Waals surface area contributed by atoms with Crippen LogP contribution in [0.2, 0.25) is 0 Å². The molecule has 0 saturated carbocycles. The van der Waals surface area contributed by atoms with Crippen LogP contribution in [0.15, 0.2) is 29.6 Å². The summed E-state index contributed by atoms with van der Waals surface area (Å²) in [6.45, 7) is 2.30. The summed E-state index contributed by atoms with van der Waals surface area (Å²) in [6, 6.07) is 8.85. The molecular weight excluding hydrogens is 320 g/mol.